The van der Waals surface area contributed by atoms with Crippen LogP contribution in [-0.4, -0.2) is 11.4 Å². The Labute approximate surface area is 159 Å². The van der Waals surface area contributed by atoms with Crippen molar-refractivity contribution in [1.82, 2.24) is 0 Å². The van der Waals surface area contributed by atoms with Crippen molar-refractivity contribution in [2.75, 3.05) is 0 Å². The van der Waals surface area contributed by atoms with Gasteiger partial charge in [-0.05, 0) is 44.1 Å². The molecular weight excluding hydrogens is 320 g/mol. The summed E-state index contributed by atoms with van der Waals surface area (Å²) >= 11 is 0. The lowest BCUT2D eigenvalue weighted by atomic mass is 9.78. The summed E-state index contributed by atoms with van der Waals surface area (Å²) in [5.74, 6) is 0. The number of nitrogens with two attached hydrogens (primary N) is 1. The third-order valence-electron chi connectivity index (χ3n) is 5.04. The van der Waals surface area contributed by atoms with Gasteiger partial charge in [-0.25, -0.2) is 0 Å². The molecule has 0 fully saturated rings. The van der Waals surface area contributed by atoms with Crippen LogP contribution < -0.4 is 5.73 Å². The molecule has 0 bridgehead atoms. The number of allylic oxidation sites excluding steroid dienone is 3. The van der Waals surface area contributed by atoms with Gasteiger partial charge in [-0.1, -0.05) is 81.3 Å². The van der Waals surface area contributed by atoms with Crippen molar-refractivity contribution < 1.29 is 5.21 Å². The van der Waals surface area contributed by atoms with E-state index in [1.165, 1.54) is 12.0 Å². The van der Waals surface area contributed by atoms with E-state index in [0.29, 0.717) is 0 Å². The number of oxime groups is 1. The van der Waals surface area contributed by atoms with E-state index >= 15 is 0 Å². The highest BCUT2D eigenvalue weighted by Gasteiger charge is 2.24. The van der Waals surface area contributed by atoms with Crippen LogP contribution >= 0.6 is 0 Å². The van der Waals surface area contributed by atoms with Crippen LogP contribution in [0.5, 0.6) is 0 Å². The first-order chi connectivity index (χ1) is 12.7. The van der Waals surface area contributed by atoms with Crippen molar-refractivity contribution in [1.29, 1.82) is 0 Å². The van der Waals surface area contributed by atoms with Crippen LogP contribution in [-0.2, 0) is 0 Å². The van der Waals surface area contributed by atoms with Gasteiger partial charge in [0.05, 0.1) is 6.21 Å². The Hall–Kier alpha value is -1.87. The number of rotatable bonds is 13. The first kappa shape index (κ1) is 22.2. The Kier molecular flexibility index (Phi) is 11.4. The summed E-state index contributed by atoms with van der Waals surface area (Å²) in [5, 5.41) is 12.3. The van der Waals surface area contributed by atoms with Crippen LogP contribution in [0, 0.1) is 5.41 Å². The van der Waals surface area contributed by atoms with Crippen molar-refractivity contribution in [3.63, 3.8) is 0 Å². The summed E-state index contributed by atoms with van der Waals surface area (Å²) in [6.45, 7) is 4.37. The highest BCUT2D eigenvalue weighted by atomic mass is 16.4. The molecule has 26 heavy (non-hydrogen) atoms. The Bertz CT molecular complexity index is 551. The molecular formula is C23H36N2O. The van der Waals surface area contributed by atoms with Crippen molar-refractivity contribution in [3.05, 3.63) is 60.2 Å². The van der Waals surface area contributed by atoms with Gasteiger partial charge in [-0.2, -0.15) is 0 Å². The monoisotopic (exact) mass is 356 g/mol. The van der Waals surface area contributed by atoms with Crippen LogP contribution in [0.2, 0.25) is 0 Å². The Morgan fingerprint density at radius 2 is 1.77 bits per heavy atom. The minimum absolute atomic E-state index is 0.000443. The number of benzene rings is 1. The fourth-order valence-electron chi connectivity index (χ4n) is 3.11. The normalized spacial score (nSPS) is 15.8. The Balaban J connectivity index is 2.32. The molecule has 3 nitrogen and oxygen atoms in total. The zero-order chi connectivity index (χ0) is 19.1. The van der Waals surface area contributed by atoms with Crippen molar-refractivity contribution in [2.24, 2.45) is 16.3 Å². The van der Waals surface area contributed by atoms with E-state index in [9.17, 15) is 0 Å². The number of hydrogen-bond acceptors (Lipinski definition) is 3. The molecule has 0 saturated carbocycles. The maximum Gasteiger partial charge on any atom is 0.0500 e. The largest absolute Gasteiger partial charge is 0.411 e. The van der Waals surface area contributed by atoms with E-state index in [1.807, 2.05) is 18.2 Å². The molecule has 0 aliphatic rings. The van der Waals surface area contributed by atoms with Gasteiger partial charge in [0, 0.05) is 11.5 Å². The SMILES string of the molecule is CCCCC(/C=N/O)(CC)C/C=C/CC/C=C/CC(N)c1ccccc1. The van der Waals surface area contributed by atoms with Gasteiger partial charge >= 0.3 is 0 Å². The molecule has 0 radical (unpaired) electrons. The zero-order valence-electron chi connectivity index (χ0n) is 16.5. The first-order valence-electron chi connectivity index (χ1n) is 9.96. The highest BCUT2D eigenvalue weighted by molar-refractivity contribution is 5.65. The molecule has 0 spiro atoms. The van der Waals surface area contributed by atoms with Crippen LogP contribution in [0.15, 0.2) is 59.8 Å². The fourth-order valence-corrected chi connectivity index (χ4v) is 3.11. The third kappa shape index (κ3) is 8.48. The molecule has 0 saturated heterocycles. The topological polar surface area (TPSA) is 58.6 Å². The second-order valence-corrected chi connectivity index (χ2v) is 7.04. The van der Waals surface area contributed by atoms with E-state index in [2.05, 4.69) is 55.4 Å². The summed E-state index contributed by atoms with van der Waals surface area (Å²) < 4.78 is 0. The molecule has 144 valence electrons. The van der Waals surface area contributed by atoms with Gasteiger partial charge in [-0.3, -0.25) is 0 Å². The molecule has 3 heteroatoms. The molecule has 2 unspecified atom stereocenters. The van der Waals surface area contributed by atoms with Gasteiger partial charge in [-0.15, -0.1) is 5.16 Å². The first-order valence-corrected chi connectivity index (χ1v) is 9.96. The maximum absolute atomic E-state index is 8.99. The summed E-state index contributed by atoms with van der Waals surface area (Å²) in [5.41, 5.74) is 7.38. The van der Waals surface area contributed by atoms with Gasteiger partial charge in [0.1, 0.15) is 0 Å². The average Bonchev–Trinajstić information content (AvgIpc) is 2.68. The van der Waals surface area contributed by atoms with Gasteiger partial charge in [0.2, 0.25) is 0 Å². The molecule has 0 aromatic heterocycles. The smallest absolute Gasteiger partial charge is 0.0500 e. The summed E-state index contributed by atoms with van der Waals surface area (Å²) in [7, 11) is 0. The lowest BCUT2D eigenvalue weighted by molar-refractivity contribution is 0.299. The molecule has 0 aliphatic heterocycles. The summed E-state index contributed by atoms with van der Waals surface area (Å²) in [6, 6.07) is 10.3. The molecule has 0 aliphatic carbocycles. The zero-order valence-corrected chi connectivity index (χ0v) is 16.5. The summed E-state index contributed by atoms with van der Waals surface area (Å²) in [6.07, 6.45) is 18.9. The lowest BCUT2D eigenvalue weighted by Crippen LogP contribution is -2.21. The minimum atomic E-state index is -0.000443. The Morgan fingerprint density at radius 1 is 1.08 bits per heavy atom. The van der Waals surface area contributed by atoms with Crippen molar-refractivity contribution in [3.8, 4) is 0 Å². The van der Waals surface area contributed by atoms with Crippen LogP contribution in [0.4, 0.5) is 0 Å². The molecule has 0 amide bonds. The molecule has 1 rings (SSSR count). The van der Waals surface area contributed by atoms with Crippen LogP contribution in [0.25, 0.3) is 0 Å². The minimum Gasteiger partial charge on any atom is -0.411 e. The van der Waals surface area contributed by atoms with E-state index in [4.69, 9.17) is 10.9 Å². The molecule has 0 heterocycles. The second kappa shape index (κ2) is 13.3. The van der Waals surface area contributed by atoms with E-state index < -0.39 is 0 Å². The van der Waals surface area contributed by atoms with E-state index in [-0.39, 0.29) is 11.5 Å². The number of nitrogens with zero attached hydrogens (tertiary/aromatic N) is 1. The van der Waals surface area contributed by atoms with Crippen molar-refractivity contribution in [2.45, 2.75) is 71.3 Å². The van der Waals surface area contributed by atoms with Crippen LogP contribution in [0.3, 0.4) is 0 Å². The molecule has 3 N–H and O–H groups in total. The van der Waals surface area contributed by atoms with Crippen molar-refractivity contribution >= 4 is 6.21 Å². The molecule has 1 aromatic carbocycles. The predicted octanol–water partition coefficient (Wildman–Crippen LogP) is 6.41. The fraction of sp³-hybridized carbons (Fsp3) is 0.522. The Morgan fingerprint density at radius 3 is 2.38 bits per heavy atom. The number of unbranched alkanes of at least 4 members (excludes halogenated alkanes) is 2. The number of hydrogen-bond donors (Lipinski definition) is 2. The third-order valence-corrected chi connectivity index (χ3v) is 5.04. The standard InChI is InChI=1S/C23H36N2O/c1-3-5-18-23(4-2,20-25-26)19-14-9-7-6-8-13-17-22(24)21-15-11-10-12-16-21/h8-16,20,22,26H,3-7,17-19,24H2,1-2H3/b13-8+,14-9+,25-20+. The lowest BCUT2D eigenvalue weighted by Gasteiger charge is -2.26. The molecule has 1 aromatic rings. The van der Waals surface area contributed by atoms with Crippen LogP contribution in [0.1, 0.15) is 76.8 Å². The second-order valence-electron chi connectivity index (χ2n) is 7.04. The van der Waals surface area contributed by atoms with E-state index in [0.717, 1.165) is 44.9 Å². The maximum atomic E-state index is 8.99. The highest BCUT2D eigenvalue weighted by Crippen LogP contribution is 2.31. The van der Waals surface area contributed by atoms with Gasteiger partial charge < -0.3 is 10.9 Å². The summed E-state index contributed by atoms with van der Waals surface area (Å²) in [4.78, 5) is 0. The quantitative estimate of drug-likeness (QED) is 0.141. The van der Waals surface area contributed by atoms with Gasteiger partial charge in [0.25, 0.3) is 0 Å². The predicted molar refractivity (Wildman–Crippen MR) is 113 cm³/mol. The van der Waals surface area contributed by atoms with Gasteiger partial charge in [0.15, 0.2) is 0 Å². The molecule has 2 atom stereocenters. The average molecular weight is 357 g/mol. The van der Waals surface area contributed by atoms with E-state index in [1.54, 1.807) is 6.21 Å².